The molecule has 0 bridgehead atoms. The van der Waals surface area contributed by atoms with Crippen LogP contribution in [0, 0.1) is 0 Å². The summed E-state index contributed by atoms with van der Waals surface area (Å²) in [6.07, 6.45) is 3.59. The minimum absolute atomic E-state index is 0.100. The maximum absolute atomic E-state index is 12.2. The second-order valence-electron chi connectivity index (χ2n) is 8.74. The van der Waals surface area contributed by atoms with Crippen LogP contribution in [0.15, 0.2) is 42.5 Å². The van der Waals surface area contributed by atoms with Gasteiger partial charge in [-0.25, -0.2) is 4.79 Å². The van der Waals surface area contributed by atoms with Crippen LogP contribution in [0.1, 0.15) is 39.2 Å². The second-order valence-corrected chi connectivity index (χ2v) is 13.5. The molecule has 1 aliphatic rings. The number of aliphatic hydroxyl groups is 1. The molecule has 0 aromatic heterocycles. The van der Waals surface area contributed by atoms with Gasteiger partial charge in [-0.15, -0.1) is 0 Å². The molecule has 0 fully saturated rings. The van der Waals surface area contributed by atoms with Crippen LogP contribution < -0.4 is 5.32 Å². The SMILES string of the molecule is CC(C)(C)[Si](C)(C)O[C@H]1C=C[C@@H](O)C[C@@H](NC(=O)OCc2ccccc2)C1. The summed E-state index contributed by atoms with van der Waals surface area (Å²) in [7, 11) is -1.94. The van der Waals surface area contributed by atoms with E-state index in [1.165, 1.54) is 0 Å². The molecule has 0 heterocycles. The number of aliphatic hydroxyl groups excluding tert-OH is 1. The zero-order chi connectivity index (χ0) is 20.1. The van der Waals surface area contributed by atoms with E-state index in [2.05, 4.69) is 39.2 Å². The molecular formula is C21H33NO4Si. The van der Waals surface area contributed by atoms with E-state index in [-0.39, 0.29) is 23.8 Å². The Hall–Kier alpha value is -1.63. The zero-order valence-electron chi connectivity index (χ0n) is 17.1. The van der Waals surface area contributed by atoms with Crippen molar-refractivity contribution in [2.75, 3.05) is 0 Å². The fourth-order valence-electron chi connectivity index (χ4n) is 2.77. The van der Waals surface area contributed by atoms with Gasteiger partial charge in [-0.1, -0.05) is 63.3 Å². The van der Waals surface area contributed by atoms with Crippen molar-refractivity contribution in [3.8, 4) is 0 Å². The first-order chi connectivity index (χ1) is 12.6. The highest BCUT2D eigenvalue weighted by molar-refractivity contribution is 6.74. The average Bonchev–Trinajstić information content (AvgIpc) is 2.73. The highest BCUT2D eigenvalue weighted by Crippen LogP contribution is 2.38. The Kier molecular flexibility index (Phi) is 7.25. The monoisotopic (exact) mass is 391 g/mol. The quantitative estimate of drug-likeness (QED) is 0.577. The number of hydrogen-bond donors (Lipinski definition) is 2. The van der Waals surface area contributed by atoms with Crippen molar-refractivity contribution in [2.24, 2.45) is 0 Å². The molecule has 5 nitrogen and oxygen atoms in total. The Bertz CT molecular complexity index is 639. The van der Waals surface area contributed by atoms with Gasteiger partial charge in [0.25, 0.3) is 0 Å². The number of ether oxygens (including phenoxy) is 1. The zero-order valence-corrected chi connectivity index (χ0v) is 18.1. The second kappa shape index (κ2) is 9.04. The summed E-state index contributed by atoms with van der Waals surface area (Å²) in [5, 5.41) is 13.1. The van der Waals surface area contributed by atoms with E-state index >= 15 is 0 Å². The molecule has 1 aromatic rings. The van der Waals surface area contributed by atoms with Gasteiger partial charge in [0, 0.05) is 6.04 Å². The van der Waals surface area contributed by atoms with Gasteiger partial charge in [0.05, 0.1) is 12.2 Å². The fraction of sp³-hybridized carbons (Fsp3) is 0.571. The third-order valence-electron chi connectivity index (χ3n) is 5.38. The summed E-state index contributed by atoms with van der Waals surface area (Å²) in [4.78, 5) is 12.2. The Balaban J connectivity index is 1.93. The van der Waals surface area contributed by atoms with Crippen molar-refractivity contribution in [1.82, 2.24) is 5.32 Å². The first-order valence-corrected chi connectivity index (χ1v) is 12.5. The van der Waals surface area contributed by atoms with Crippen LogP contribution in [0.5, 0.6) is 0 Å². The Morgan fingerprint density at radius 3 is 2.48 bits per heavy atom. The predicted molar refractivity (Wildman–Crippen MR) is 110 cm³/mol. The number of carbonyl (C=O) groups is 1. The minimum Gasteiger partial charge on any atom is -0.445 e. The Labute approximate surface area is 163 Å². The lowest BCUT2D eigenvalue weighted by Gasteiger charge is -2.39. The van der Waals surface area contributed by atoms with E-state index < -0.39 is 20.5 Å². The maximum atomic E-state index is 12.2. The van der Waals surface area contributed by atoms with Crippen LogP contribution in [0.2, 0.25) is 18.1 Å². The van der Waals surface area contributed by atoms with Crippen LogP contribution in [-0.2, 0) is 15.8 Å². The average molecular weight is 392 g/mol. The summed E-state index contributed by atoms with van der Waals surface area (Å²) in [6, 6.07) is 9.37. The molecule has 0 unspecified atom stereocenters. The molecule has 1 aromatic carbocycles. The fourth-order valence-corrected chi connectivity index (χ4v) is 4.05. The van der Waals surface area contributed by atoms with E-state index in [0.29, 0.717) is 12.8 Å². The van der Waals surface area contributed by atoms with Crippen molar-refractivity contribution in [2.45, 2.75) is 76.6 Å². The molecule has 27 heavy (non-hydrogen) atoms. The van der Waals surface area contributed by atoms with Crippen LogP contribution in [-0.4, -0.2) is 37.8 Å². The van der Waals surface area contributed by atoms with Crippen LogP contribution >= 0.6 is 0 Å². The van der Waals surface area contributed by atoms with Gasteiger partial charge < -0.3 is 19.6 Å². The van der Waals surface area contributed by atoms with Crippen LogP contribution in [0.4, 0.5) is 4.79 Å². The number of rotatable bonds is 5. The molecule has 0 aliphatic heterocycles. The van der Waals surface area contributed by atoms with Gasteiger partial charge in [0.15, 0.2) is 8.32 Å². The number of amides is 1. The van der Waals surface area contributed by atoms with Crippen molar-refractivity contribution < 1.29 is 19.1 Å². The van der Waals surface area contributed by atoms with Gasteiger partial charge in [0.1, 0.15) is 6.61 Å². The number of benzene rings is 1. The molecular weight excluding hydrogens is 358 g/mol. The van der Waals surface area contributed by atoms with Crippen molar-refractivity contribution in [3.05, 3.63) is 48.0 Å². The van der Waals surface area contributed by atoms with Gasteiger partial charge in [0.2, 0.25) is 0 Å². The van der Waals surface area contributed by atoms with E-state index in [1.54, 1.807) is 6.08 Å². The normalized spacial score (nSPS) is 23.6. The summed E-state index contributed by atoms with van der Waals surface area (Å²) < 4.78 is 11.8. The lowest BCUT2D eigenvalue weighted by molar-refractivity contribution is 0.124. The van der Waals surface area contributed by atoms with Gasteiger partial charge in [-0.05, 0) is 36.5 Å². The third kappa shape index (κ3) is 6.79. The lowest BCUT2D eigenvalue weighted by atomic mass is 10.1. The summed E-state index contributed by atoms with van der Waals surface area (Å²) >= 11 is 0. The third-order valence-corrected chi connectivity index (χ3v) is 9.88. The van der Waals surface area contributed by atoms with Crippen LogP contribution in [0.3, 0.4) is 0 Å². The topological polar surface area (TPSA) is 67.8 Å². The molecule has 150 valence electrons. The molecule has 0 saturated heterocycles. The predicted octanol–water partition coefficient (Wildman–Crippen LogP) is 4.38. The summed E-state index contributed by atoms with van der Waals surface area (Å²) in [5.41, 5.74) is 0.939. The van der Waals surface area contributed by atoms with E-state index in [9.17, 15) is 9.90 Å². The van der Waals surface area contributed by atoms with Crippen LogP contribution in [0.25, 0.3) is 0 Å². The summed E-state index contributed by atoms with van der Waals surface area (Å²) in [6.45, 7) is 11.2. The number of hydrogen-bond acceptors (Lipinski definition) is 4. The summed E-state index contributed by atoms with van der Waals surface area (Å²) in [5.74, 6) is 0. The molecule has 6 heteroatoms. The molecule has 0 radical (unpaired) electrons. The van der Waals surface area contributed by atoms with Crippen molar-refractivity contribution in [3.63, 3.8) is 0 Å². The van der Waals surface area contributed by atoms with Gasteiger partial charge in [-0.3, -0.25) is 0 Å². The lowest BCUT2D eigenvalue weighted by Crippen LogP contribution is -2.45. The van der Waals surface area contributed by atoms with Gasteiger partial charge in [-0.2, -0.15) is 0 Å². The smallest absolute Gasteiger partial charge is 0.407 e. The molecule has 0 saturated carbocycles. The highest BCUT2D eigenvalue weighted by atomic mass is 28.4. The maximum Gasteiger partial charge on any atom is 0.407 e. The largest absolute Gasteiger partial charge is 0.445 e. The molecule has 1 aliphatic carbocycles. The van der Waals surface area contributed by atoms with Crippen molar-refractivity contribution >= 4 is 14.4 Å². The molecule has 2 rings (SSSR count). The first kappa shape index (κ1) is 21.7. The number of alkyl carbamates (subject to hydrolysis) is 1. The standard InChI is InChI=1S/C21H33NO4Si/c1-21(2,3)27(4,5)26-19-12-11-18(23)13-17(14-19)22-20(24)25-15-16-9-7-6-8-10-16/h6-12,17-19,23H,13-15H2,1-5H3,(H,22,24)/t17-,18-,19+/m1/s1. The molecule has 3 atom stereocenters. The van der Waals surface area contributed by atoms with Gasteiger partial charge >= 0.3 is 6.09 Å². The highest BCUT2D eigenvalue weighted by Gasteiger charge is 2.39. The minimum atomic E-state index is -1.94. The molecule has 2 N–H and O–H groups in total. The first-order valence-electron chi connectivity index (χ1n) is 9.58. The number of nitrogens with one attached hydrogen (secondary N) is 1. The van der Waals surface area contributed by atoms with E-state index in [0.717, 1.165) is 5.56 Å². The van der Waals surface area contributed by atoms with Crippen molar-refractivity contribution in [1.29, 1.82) is 0 Å². The Morgan fingerprint density at radius 2 is 1.85 bits per heavy atom. The number of carbonyl (C=O) groups excluding carboxylic acids is 1. The van der Waals surface area contributed by atoms with E-state index in [4.69, 9.17) is 9.16 Å². The molecule has 1 amide bonds. The van der Waals surface area contributed by atoms with E-state index in [1.807, 2.05) is 36.4 Å². The molecule has 0 spiro atoms. The Morgan fingerprint density at radius 1 is 1.19 bits per heavy atom.